The lowest BCUT2D eigenvalue weighted by atomic mass is 10.1. The van der Waals surface area contributed by atoms with Crippen molar-refractivity contribution in [3.63, 3.8) is 0 Å². The Morgan fingerprint density at radius 3 is 2.80 bits per heavy atom. The highest BCUT2D eigenvalue weighted by Gasteiger charge is 2.30. The summed E-state index contributed by atoms with van der Waals surface area (Å²) >= 11 is 5.75. The highest BCUT2D eigenvalue weighted by atomic mass is 35.5. The summed E-state index contributed by atoms with van der Waals surface area (Å²) in [5, 5.41) is 0. The topological polar surface area (TPSA) is 29.5 Å². The third-order valence-corrected chi connectivity index (χ3v) is 3.67. The fourth-order valence-corrected chi connectivity index (χ4v) is 2.63. The third kappa shape index (κ3) is 2.64. The second-order valence-corrected chi connectivity index (χ2v) is 4.72. The summed E-state index contributed by atoms with van der Waals surface area (Å²) in [6.07, 6.45) is 4.59. The Hall–Kier alpha value is -0.280. The van der Waals surface area contributed by atoms with Crippen LogP contribution in [0.4, 0.5) is 0 Å². The maximum Gasteiger partial charge on any atom is 0.225 e. The number of amides is 1. The molecule has 4 heteroatoms. The summed E-state index contributed by atoms with van der Waals surface area (Å²) in [6, 6.07) is 0. The zero-order chi connectivity index (χ0) is 10.7. The van der Waals surface area contributed by atoms with Crippen molar-refractivity contribution in [3.05, 3.63) is 0 Å². The van der Waals surface area contributed by atoms with E-state index in [1.165, 1.54) is 12.8 Å². The Morgan fingerprint density at radius 1 is 1.40 bits per heavy atom. The average molecular weight is 232 g/mol. The fraction of sp³-hybridized carbons (Fsp3) is 0.909. The van der Waals surface area contributed by atoms with Crippen LogP contribution in [-0.4, -0.2) is 42.5 Å². The molecule has 0 radical (unpaired) electrons. The quantitative estimate of drug-likeness (QED) is 0.677. The standard InChI is InChI=1S/C11H18ClNO2/c12-7-10-8-13(5-6-15-10)11(14)9-3-1-2-4-9/h9-10H,1-8H2. The number of ether oxygens (including phenoxy) is 1. The molecule has 86 valence electrons. The summed E-state index contributed by atoms with van der Waals surface area (Å²) in [4.78, 5) is 14.0. The van der Waals surface area contributed by atoms with Gasteiger partial charge in [0.15, 0.2) is 0 Å². The number of hydrogen-bond donors (Lipinski definition) is 0. The lowest BCUT2D eigenvalue weighted by molar-refractivity contribution is -0.142. The van der Waals surface area contributed by atoms with E-state index in [0.717, 1.165) is 19.4 Å². The third-order valence-electron chi connectivity index (χ3n) is 3.33. The van der Waals surface area contributed by atoms with Gasteiger partial charge in [-0.2, -0.15) is 0 Å². The number of hydrogen-bond acceptors (Lipinski definition) is 2. The summed E-state index contributed by atoms with van der Waals surface area (Å²) in [5.74, 6) is 1.08. The van der Waals surface area contributed by atoms with Gasteiger partial charge in [-0.1, -0.05) is 12.8 Å². The van der Waals surface area contributed by atoms with Crippen molar-refractivity contribution in [1.82, 2.24) is 4.90 Å². The maximum absolute atomic E-state index is 12.1. The van der Waals surface area contributed by atoms with Crippen molar-refractivity contribution in [2.75, 3.05) is 25.6 Å². The largest absolute Gasteiger partial charge is 0.373 e. The van der Waals surface area contributed by atoms with Gasteiger partial charge in [0, 0.05) is 19.0 Å². The molecule has 0 aromatic rings. The molecule has 0 aromatic heterocycles. The minimum atomic E-state index is 0.0331. The molecule has 1 saturated carbocycles. The highest BCUT2D eigenvalue weighted by molar-refractivity contribution is 6.18. The molecule has 0 spiro atoms. The van der Waals surface area contributed by atoms with Crippen molar-refractivity contribution >= 4 is 17.5 Å². The molecule has 15 heavy (non-hydrogen) atoms. The van der Waals surface area contributed by atoms with Crippen LogP contribution < -0.4 is 0 Å². The number of halogens is 1. The van der Waals surface area contributed by atoms with E-state index < -0.39 is 0 Å². The van der Waals surface area contributed by atoms with Crippen LogP contribution in [0.15, 0.2) is 0 Å². The van der Waals surface area contributed by atoms with E-state index in [1.54, 1.807) is 0 Å². The Kier molecular flexibility index (Phi) is 3.87. The molecule has 2 fully saturated rings. The number of carbonyl (C=O) groups excluding carboxylic acids is 1. The molecular weight excluding hydrogens is 214 g/mol. The van der Waals surface area contributed by atoms with Crippen LogP contribution in [0.3, 0.4) is 0 Å². The molecule has 1 saturated heterocycles. The molecule has 0 aromatic carbocycles. The Labute approximate surface area is 95.7 Å². The number of alkyl halides is 1. The van der Waals surface area contributed by atoms with Crippen molar-refractivity contribution in [3.8, 4) is 0 Å². The zero-order valence-corrected chi connectivity index (χ0v) is 9.71. The van der Waals surface area contributed by atoms with Gasteiger partial charge in [-0.25, -0.2) is 0 Å². The van der Waals surface area contributed by atoms with Crippen molar-refractivity contribution in [2.45, 2.75) is 31.8 Å². The first-order chi connectivity index (χ1) is 7.31. The first-order valence-electron chi connectivity index (χ1n) is 5.77. The number of morpholine rings is 1. The maximum atomic E-state index is 12.1. The van der Waals surface area contributed by atoms with E-state index >= 15 is 0 Å². The Morgan fingerprint density at radius 2 is 2.13 bits per heavy atom. The van der Waals surface area contributed by atoms with Gasteiger partial charge in [0.05, 0.1) is 18.6 Å². The molecule has 3 nitrogen and oxygen atoms in total. The summed E-state index contributed by atoms with van der Waals surface area (Å²) in [6.45, 7) is 2.05. The number of nitrogens with zero attached hydrogens (tertiary/aromatic N) is 1. The predicted octanol–water partition coefficient (Wildman–Crippen LogP) is 1.64. The van der Waals surface area contributed by atoms with Gasteiger partial charge in [-0.3, -0.25) is 4.79 Å². The van der Waals surface area contributed by atoms with E-state index in [9.17, 15) is 4.79 Å². The average Bonchev–Trinajstić information content (AvgIpc) is 2.81. The highest BCUT2D eigenvalue weighted by Crippen LogP contribution is 2.27. The molecular formula is C11H18ClNO2. The molecule has 1 amide bonds. The van der Waals surface area contributed by atoms with Gasteiger partial charge in [-0.15, -0.1) is 11.6 Å². The summed E-state index contributed by atoms with van der Waals surface area (Å²) in [5.41, 5.74) is 0. The molecule has 1 unspecified atom stereocenters. The Balaban J connectivity index is 1.88. The molecule has 0 N–H and O–H groups in total. The molecule has 1 heterocycles. The lowest BCUT2D eigenvalue weighted by Gasteiger charge is -2.33. The second kappa shape index (κ2) is 5.17. The number of carbonyl (C=O) groups is 1. The van der Waals surface area contributed by atoms with Crippen LogP contribution in [0.5, 0.6) is 0 Å². The molecule has 2 rings (SSSR count). The normalized spacial score (nSPS) is 28.3. The molecule has 1 atom stereocenters. The monoisotopic (exact) mass is 231 g/mol. The van der Waals surface area contributed by atoms with Gasteiger partial charge in [-0.05, 0) is 12.8 Å². The van der Waals surface area contributed by atoms with Crippen LogP contribution in [0, 0.1) is 5.92 Å². The van der Waals surface area contributed by atoms with E-state index in [1.807, 2.05) is 4.90 Å². The molecule has 2 aliphatic rings. The van der Waals surface area contributed by atoms with E-state index in [-0.39, 0.29) is 12.0 Å². The molecule has 0 bridgehead atoms. The molecule has 1 aliphatic carbocycles. The van der Waals surface area contributed by atoms with Gasteiger partial charge < -0.3 is 9.64 Å². The van der Waals surface area contributed by atoms with Gasteiger partial charge >= 0.3 is 0 Å². The predicted molar refractivity (Wildman–Crippen MR) is 59.0 cm³/mol. The Bertz CT molecular complexity index is 229. The smallest absolute Gasteiger partial charge is 0.225 e. The number of rotatable bonds is 2. The van der Waals surface area contributed by atoms with E-state index in [4.69, 9.17) is 16.3 Å². The van der Waals surface area contributed by atoms with E-state index in [0.29, 0.717) is 24.9 Å². The van der Waals surface area contributed by atoms with Crippen LogP contribution in [0.2, 0.25) is 0 Å². The second-order valence-electron chi connectivity index (χ2n) is 4.41. The van der Waals surface area contributed by atoms with Crippen molar-refractivity contribution in [1.29, 1.82) is 0 Å². The minimum Gasteiger partial charge on any atom is -0.373 e. The first kappa shape index (κ1) is 11.2. The molecule has 1 aliphatic heterocycles. The van der Waals surface area contributed by atoms with Crippen molar-refractivity contribution < 1.29 is 9.53 Å². The van der Waals surface area contributed by atoms with Crippen LogP contribution in [0.25, 0.3) is 0 Å². The van der Waals surface area contributed by atoms with Gasteiger partial charge in [0.25, 0.3) is 0 Å². The van der Waals surface area contributed by atoms with Crippen molar-refractivity contribution in [2.24, 2.45) is 5.92 Å². The van der Waals surface area contributed by atoms with Gasteiger partial charge in [0.1, 0.15) is 0 Å². The first-order valence-corrected chi connectivity index (χ1v) is 6.31. The van der Waals surface area contributed by atoms with Gasteiger partial charge in [0.2, 0.25) is 5.91 Å². The summed E-state index contributed by atoms with van der Waals surface area (Å²) < 4.78 is 5.44. The van der Waals surface area contributed by atoms with Crippen LogP contribution in [0.1, 0.15) is 25.7 Å². The van der Waals surface area contributed by atoms with E-state index in [2.05, 4.69) is 0 Å². The minimum absolute atomic E-state index is 0.0331. The van der Waals surface area contributed by atoms with Crippen LogP contribution in [-0.2, 0) is 9.53 Å². The summed E-state index contributed by atoms with van der Waals surface area (Å²) in [7, 11) is 0. The lowest BCUT2D eigenvalue weighted by Crippen LogP contribution is -2.48. The van der Waals surface area contributed by atoms with Crippen LogP contribution >= 0.6 is 11.6 Å². The SMILES string of the molecule is O=C(C1CCCC1)N1CCOC(CCl)C1. The fourth-order valence-electron chi connectivity index (χ4n) is 2.44. The zero-order valence-electron chi connectivity index (χ0n) is 8.95.